The van der Waals surface area contributed by atoms with Crippen LogP contribution >= 0.6 is 0 Å². The van der Waals surface area contributed by atoms with Crippen molar-refractivity contribution in [1.82, 2.24) is 5.32 Å². The number of nitrogens with zero attached hydrogens (tertiary/aromatic N) is 1. The Morgan fingerprint density at radius 3 is 2.72 bits per heavy atom. The van der Waals surface area contributed by atoms with Gasteiger partial charge in [0.1, 0.15) is 11.5 Å². The Morgan fingerprint density at radius 1 is 1.39 bits per heavy atom. The molecule has 1 unspecified atom stereocenters. The molecule has 0 bridgehead atoms. The van der Waals surface area contributed by atoms with Crippen LogP contribution < -0.4 is 11.1 Å². The van der Waals surface area contributed by atoms with Crippen LogP contribution in [0, 0.1) is 6.92 Å². The average molecular weight is 249 g/mol. The molecule has 1 aliphatic rings. The largest absolute Gasteiger partial charge is 0.464 e. The minimum Gasteiger partial charge on any atom is -0.464 e. The Kier molecular flexibility index (Phi) is 4.28. The van der Waals surface area contributed by atoms with Gasteiger partial charge >= 0.3 is 0 Å². The summed E-state index contributed by atoms with van der Waals surface area (Å²) in [5.41, 5.74) is 5.95. The van der Waals surface area contributed by atoms with E-state index < -0.39 is 0 Å². The number of guanidine groups is 1. The maximum absolute atomic E-state index is 5.95. The highest BCUT2D eigenvalue weighted by Crippen LogP contribution is 2.20. The molecule has 0 aliphatic heterocycles. The normalized spacial score (nSPS) is 19.8. The van der Waals surface area contributed by atoms with E-state index >= 15 is 0 Å². The molecule has 1 heterocycles. The summed E-state index contributed by atoms with van der Waals surface area (Å²) >= 11 is 0. The Hall–Kier alpha value is -1.45. The van der Waals surface area contributed by atoms with Gasteiger partial charge in [-0.3, -0.25) is 4.99 Å². The lowest BCUT2D eigenvalue weighted by Gasteiger charge is -2.19. The number of nitrogens with one attached hydrogen (secondary N) is 1. The number of rotatable bonds is 3. The predicted octanol–water partition coefficient (Wildman–Crippen LogP) is 2.89. The molecule has 3 N–H and O–H groups in total. The highest BCUT2D eigenvalue weighted by atomic mass is 16.3. The van der Waals surface area contributed by atoms with E-state index in [1.165, 1.54) is 19.3 Å². The van der Waals surface area contributed by atoms with E-state index in [0.717, 1.165) is 24.4 Å². The average Bonchev–Trinajstić information content (AvgIpc) is 2.77. The van der Waals surface area contributed by atoms with Crippen LogP contribution in [0.5, 0.6) is 0 Å². The zero-order valence-corrected chi connectivity index (χ0v) is 11.3. The van der Waals surface area contributed by atoms with E-state index in [-0.39, 0.29) is 6.04 Å². The zero-order chi connectivity index (χ0) is 13.0. The Balaban J connectivity index is 1.89. The van der Waals surface area contributed by atoms with Crippen LogP contribution in [0.15, 0.2) is 21.5 Å². The van der Waals surface area contributed by atoms with Gasteiger partial charge in [0.2, 0.25) is 0 Å². The second kappa shape index (κ2) is 5.94. The summed E-state index contributed by atoms with van der Waals surface area (Å²) in [4.78, 5) is 4.55. The molecule has 1 fully saturated rings. The first-order valence-corrected chi connectivity index (χ1v) is 6.81. The van der Waals surface area contributed by atoms with E-state index in [9.17, 15) is 0 Å². The summed E-state index contributed by atoms with van der Waals surface area (Å²) in [5, 5.41) is 3.19. The van der Waals surface area contributed by atoms with Gasteiger partial charge in [0, 0.05) is 0 Å². The van der Waals surface area contributed by atoms with Crippen molar-refractivity contribution in [2.45, 2.75) is 58.0 Å². The van der Waals surface area contributed by atoms with Gasteiger partial charge in [-0.1, -0.05) is 19.3 Å². The molecule has 4 heteroatoms. The van der Waals surface area contributed by atoms with Crippen molar-refractivity contribution in [3.05, 3.63) is 23.7 Å². The highest BCUT2D eigenvalue weighted by Gasteiger charge is 2.14. The van der Waals surface area contributed by atoms with Crippen LogP contribution in [0.1, 0.15) is 56.6 Å². The first-order valence-electron chi connectivity index (χ1n) is 6.81. The van der Waals surface area contributed by atoms with Gasteiger partial charge in [-0.05, 0) is 38.8 Å². The third-order valence-electron chi connectivity index (χ3n) is 3.45. The lowest BCUT2D eigenvalue weighted by atomic mass is 9.96. The van der Waals surface area contributed by atoms with E-state index in [1.807, 2.05) is 26.0 Å². The molecule has 0 aromatic carbocycles. The number of nitrogens with two attached hydrogens (primary N) is 1. The van der Waals surface area contributed by atoms with E-state index in [2.05, 4.69) is 10.3 Å². The monoisotopic (exact) mass is 249 g/mol. The summed E-state index contributed by atoms with van der Waals surface area (Å²) in [6.45, 7) is 3.97. The molecule has 1 aliphatic carbocycles. The van der Waals surface area contributed by atoms with Gasteiger partial charge in [0.25, 0.3) is 0 Å². The summed E-state index contributed by atoms with van der Waals surface area (Å²) in [7, 11) is 0. The van der Waals surface area contributed by atoms with Crippen molar-refractivity contribution in [2.24, 2.45) is 10.7 Å². The van der Waals surface area contributed by atoms with Crippen molar-refractivity contribution >= 4 is 5.96 Å². The number of hydrogen-bond donors (Lipinski definition) is 2. The second-order valence-electron chi connectivity index (χ2n) is 5.12. The van der Waals surface area contributed by atoms with Gasteiger partial charge in [-0.25, -0.2) is 0 Å². The van der Waals surface area contributed by atoms with Crippen molar-refractivity contribution in [2.75, 3.05) is 0 Å². The molecule has 1 aromatic heterocycles. The predicted molar refractivity (Wildman–Crippen MR) is 73.5 cm³/mol. The molecule has 4 nitrogen and oxygen atoms in total. The third-order valence-corrected chi connectivity index (χ3v) is 3.45. The van der Waals surface area contributed by atoms with Gasteiger partial charge in [0.15, 0.2) is 5.96 Å². The minimum absolute atomic E-state index is 0.0611. The van der Waals surface area contributed by atoms with Crippen LogP contribution in [-0.2, 0) is 0 Å². The molecular weight excluding hydrogens is 226 g/mol. The Bertz CT molecular complexity index is 405. The number of aryl methyl sites for hydroxylation is 1. The maximum atomic E-state index is 5.95. The second-order valence-corrected chi connectivity index (χ2v) is 5.12. The summed E-state index contributed by atoms with van der Waals surface area (Å²) < 4.78 is 5.56. The molecule has 18 heavy (non-hydrogen) atoms. The molecule has 0 spiro atoms. The number of furan rings is 1. The van der Waals surface area contributed by atoms with Crippen LogP contribution in [0.3, 0.4) is 0 Å². The number of aliphatic imine (C=N–C) groups is 1. The van der Waals surface area contributed by atoms with Crippen LogP contribution in [0.25, 0.3) is 0 Å². The fraction of sp³-hybridized carbons (Fsp3) is 0.643. The molecule has 0 amide bonds. The topological polar surface area (TPSA) is 63.5 Å². The maximum Gasteiger partial charge on any atom is 0.189 e. The van der Waals surface area contributed by atoms with Crippen LogP contribution in [0.4, 0.5) is 0 Å². The first kappa shape index (κ1) is 13.0. The first-order chi connectivity index (χ1) is 8.65. The van der Waals surface area contributed by atoms with E-state index in [4.69, 9.17) is 10.2 Å². The van der Waals surface area contributed by atoms with Crippen molar-refractivity contribution in [3.8, 4) is 0 Å². The quantitative estimate of drug-likeness (QED) is 0.639. The standard InChI is InChI=1S/C14H23N3O/c1-10-8-9-13(18-10)11(2)16-14(15)17-12-6-4-3-5-7-12/h8-9,11-12H,3-7H2,1-2H3,(H3,15,16,17). The van der Waals surface area contributed by atoms with Crippen molar-refractivity contribution < 1.29 is 4.42 Å². The summed E-state index contributed by atoms with van der Waals surface area (Å²) in [6, 6.07) is 4.39. The molecular formula is C14H23N3O. The van der Waals surface area contributed by atoms with Crippen LogP contribution in [0.2, 0.25) is 0 Å². The SMILES string of the molecule is Cc1ccc(C(C)NC(N)=NC2CCCCC2)o1. The van der Waals surface area contributed by atoms with Gasteiger partial charge in [-0.2, -0.15) is 0 Å². The zero-order valence-electron chi connectivity index (χ0n) is 11.3. The molecule has 2 rings (SSSR count). The molecule has 0 radical (unpaired) electrons. The Morgan fingerprint density at radius 2 is 2.11 bits per heavy atom. The molecule has 0 saturated heterocycles. The lowest BCUT2D eigenvalue weighted by Crippen LogP contribution is -2.35. The summed E-state index contributed by atoms with van der Waals surface area (Å²) in [6.07, 6.45) is 6.21. The lowest BCUT2D eigenvalue weighted by molar-refractivity contribution is 0.432. The molecule has 1 atom stereocenters. The fourth-order valence-corrected chi connectivity index (χ4v) is 2.42. The number of hydrogen-bond acceptors (Lipinski definition) is 2. The van der Waals surface area contributed by atoms with Gasteiger partial charge in [0.05, 0.1) is 12.1 Å². The van der Waals surface area contributed by atoms with Crippen molar-refractivity contribution in [3.63, 3.8) is 0 Å². The van der Waals surface area contributed by atoms with Crippen molar-refractivity contribution in [1.29, 1.82) is 0 Å². The Labute approximate surface area is 109 Å². The van der Waals surface area contributed by atoms with Crippen LogP contribution in [-0.4, -0.2) is 12.0 Å². The third kappa shape index (κ3) is 3.52. The molecule has 100 valence electrons. The van der Waals surface area contributed by atoms with Gasteiger partial charge in [-0.15, -0.1) is 0 Å². The smallest absolute Gasteiger partial charge is 0.189 e. The fourth-order valence-electron chi connectivity index (χ4n) is 2.42. The highest BCUT2D eigenvalue weighted by molar-refractivity contribution is 5.78. The summed E-state index contributed by atoms with van der Waals surface area (Å²) in [5.74, 6) is 2.35. The van der Waals surface area contributed by atoms with E-state index in [0.29, 0.717) is 12.0 Å². The molecule has 1 saturated carbocycles. The minimum atomic E-state index is 0.0611. The van der Waals surface area contributed by atoms with E-state index in [1.54, 1.807) is 0 Å². The van der Waals surface area contributed by atoms with Gasteiger partial charge < -0.3 is 15.5 Å². The molecule has 1 aromatic rings.